The van der Waals surface area contributed by atoms with Crippen LogP contribution in [0, 0.1) is 29.6 Å². The van der Waals surface area contributed by atoms with Gasteiger partial charge in [0.15, 0.2) is 0 Å². The average molecular weight is 300 g/mol. The Kier molecular flexibility index (Phi) is 4.29. The number of carbonyl (C=O) groups is 1. The molecule has 0 amide bonds. The van der Waals surface area contributed by atoms with E-state index in [1.807, 2.05) is 0 Å². The van der Waals surface area contributed by atoms with Crippen molar-refractivity contribution in [3.05, 3.63) is 35.4 Å². The second kappa shape index (κ2) is 6.06. The molecule has 2 heteroatoms. The molecule has 2 aliphatic carbocycles. The largest absolute Gasteiger partial charge is 0.481 e. The van der Waals surface area contributed by atoms with Crippen LogP contribution in [0.4, 0.5) is 0 Å². The van der Waals surface area contributed by atoms with Crippen molar-refractivity contribution in [1.29, 1.82) is 0 Å². The summed E-state index contributed by atoms with van der Waals surface area (Å²) in [6, 6.07) is 8.89. The van der Waals surface area contributed by atoms with Gasteiger partial charge in [0.25, 0.3) is 0 Å². The molecule has 0 aromatic heterocycles. The third kappa shape index (κ3) is 2.57. The minimum Gasteiger partial charge on any atom is -0.481 e. The minimum absolute atomic E-state index is 0.130. The van der Waals surface area contributed by atoms with Crippen LogP contribution in [-0.2, 0) is 11.2 Å². The van der Waals surface area contributed by atoms with E-state index in [0.29, 0.717) is 29.6 Å². The van der Waals surface area contributed by atoms with Gasteiger partial charge in [-0.1, -0.05) is 45.0 Å². The van der Waals surface area contributed by atoms with Gasteiger partial charge in [0.05, 0.1) is 5.92 Å². The van der Waals surface area contributed by atoms with Crippen molar-refractivity contribution in [2.45, 2.75) is 52.4 Å². The van der Waals surface area contributed by atoms with Gasteiger partial charge in [-0.2, -0.15) is 0 Å². The molecule has 5 unspecified atom stereocenters. The number of carboxylic acids is 1. The van der Waals surface area contributed by atoms with E-state index in [0.717, 1.165) is 19.3 Å². The first-order chi connectivity index (χ1) is 10.5. The SMILES string of the molecule is CC(C)C1c2ccccc2CCC1C1CCC(C(=O)O)C1C. The lowest BCUT2D eigenvalue weighted by Crippen LogP contribution is -2.33. The maximum absolute atomic E-state index is 11.5. The van der Waals surface area contributed by atoms with Gasteiger partial charge < -0.3 is 5.11 Å². The Morgan fingerprint density at radius 2 is 1.86 bits per heavy atom. The van der Waals surface area contributed by atoms with E-state index in [4.69, 9.17) is 0 Å². The summed E-state index contributed by atoms with van der Waals surface area (Å²) in [7, 11) is 0. The molecule has 0 bridgehead atoms. The van der Waals surface area contributed by atoms with Crippen molar-refractivity contribution in [2.24, 2.45) is 29.6 Å². The standard InChI is InChI=1S/C20H28O2/c1-12(2)19-17-7-5-4-6-14(17)8-9-18(19)15-10-11-16(13(15)3)20(21)22/h4-7,12-13,15-16,18-19H,8-11H2,1-3H3,(H,21,22). The third-order valence-corrected chi connectivity index (χ3v) is 6.33. The lowest BCUT2D eigenvalue weighted by atomic mass is 9.63. The molecule has 5 atom stereocenters. The fraction of sp³-hybridized carbons (Fsp3) is 0.650. The summed E-state index contributed by atoms with van der Waals surface area (Å²) >= 11 is 0. The van der Waals surface area contributed by atoms with E-state index < -0.39 is 5.97 Å². The Bertz CT molecular complexity index is 548. The number of rotatable bonds is 3. The molecule has 3 rings (SSSR count). The molecule has 1 saturated carbocycles. The average Bonchev–Trinajstić information content (AvgIpc) is 2.87. The number of aliphatic carboxylic acids is 1. The predicted octanol–water partition coefficient (Wildman–Crippen LogP) is 4.74. The predicted molar refractivity (Wildman–Crippen MR) is 88.8 cm³/mol. The van der Waals surface area contributed by atoms with Gasteiger partial charge in [-0.15, -0.1) is 0 Å². The number of benzene rings is 1. The van der Waals surface area contributed by atoms with E-state index >= 15 is 0 Å². The first-order valence-corrected chi connectivity index (χ1v) is 8.81. The lowest BCUT2D eigenvalue weighted by Gasteiger charge is -2.41. The van der Waals surface area contributed by atoms with Gasteiger partial charge in [0.2, 0.25) is 0 Å². The highest BCUT2D eigenvalue weighted by Gasteiger charge is 2.45. The Morgan fingerprint density at radius 3 is 2.50 bits per heavy atom. The molecule has 120 valence electrons. The Labute approximate surface area is 133 Å². The normalized spacial score (nSPS) is 34.6. The van der Waals surface area contributed by atoms with Crippen LogP contribution in [0.3, 0.4) is 0 Å². The van der Waals surface area contributed by atoms with Crippen molar-refractivity contribution < 1.29 is 9.90 Å². The molecule has 1 aromatic rings. The molecule has 0 heterocycles. The molecule has 1 aromatic carbocycles. The van der Waals surface area contributed by atoms with Crippen molar-refractivity contribution in [3.63, 3.8) is 0 Å². The van der Waals surface area contributed by atoms with Crippen molar-refractivity contribution in [2.75, 3.05) is 0 Å². The second-order valence-corrected chi connectivity index (χ2v) is 7.72. The van der Waals surface area contributed by atoms with Crippen LogP contribution in [0.2, 0.25) is 0 Å². The smallest absolute Gasteiger partial charge is 0.306 e. The van der Waals surface area contributed by atoms with E-state index in [-0.39, 0.29) is 5.92 Å². The molecule has 2 nitrogen and oxygen atoms in total. The summed E-state index contributed by atoms with van der Waals surface area (Å²) in [4.78, 5) is 11.5. The number of hydrogen-bond acceptors (Lipinski definition) is 1. The van der Waals surface area contributed by atoms with Crippen molar-refractivity contribution in [3.8, 4) is 0 Å². The zero-order chi connectivity index (χ0) is 15.9. The first-order valence-electron chi connectivity index (χ1n) is 8.81. The third-order valence-electron chi connectivity index (χ3n) is 6.33. The highest BCUT2D eigenvalue weighted by Crippen LogP contribution is 2.51. The van der Waals surface area contributed by atoms with Gasteiger partial charge >= 0.3 is 5.97 Å². The molecular formula is C20H28O2. The molecular weight excluding hydrogens is 272 g/mol. The molecule has 1 N–H and O–H groups in total. The van der Waals surface area contributed by atoms with Crippen LogP contribution in [0.25, 0.3) is 0 Å². The highest BCUT2D eigenvalue weighted by molar-refractivity contribution is 5.70. The number of carboxylic acid groups (broad SMARTS) is 1. The molecule has 2 aliphatic rings. The summed E-state index contributed by atoms with van der Waals surface area (Å²) in [6.45, 7) is 6.83. The molecule has 0 spiro atoms. The van der Waals surface area contributed by atoms with Gasteiger partial charge in [-0.3, -0.25) is 4.79 Å². The minimum atomic E-state index is -0.590. The van der Waals surface area contributed by atoms with Crippen LogP contribution in [0.1, 0.15) is 57.1 Å². The van der Waals surface area contributed by atoms with Crippen LogP contribution in [0.5, 0.6) is 0 Å². The monoisotopic (exact) mass is 300 g/mol. The van der Waals surface area contributed by atoms with Crippen molar-refractivity contribution in [1.82, 2.24) is 0 Å². The summed E-state index contributed by atoms with van der Waals surface area (Å²) in [6.07, 6.45) is 4.34. The second-order valence-electron chi connectivity index (χ2n) is 7.72. The number of fused-ring (bicyclic) bond motifs is 1. The Balaban J connectivity index is 1.90. The zero-order valence-corrected chi connectivity index (χ0v) is 14.0. The first kappa shape index (κ1) is 15.6. The highest BCUT2D eigenvalue weighted by atomic mass is 16.4. The Morgan fingerprint density at radius 1 is 1.14 bits per heavy atom. The summed E-state index contributed by atoms with van der Waals surface area (Å²) < 4.78 is 0. The summed E-state index contributed by atoms with van der Waals surface area (Å²) in [5, 5.41) is 9.43. The van der Waals surface area contributed by atoms with Gasteiger partial charge in [0, 0.05) is 0 Å². The topological polar surface area (TPSA) is 37.3 Å². The molecule has 0 aliphatic heterocycles. The quantitative estimate of drug-likeness (QED) is 0.875. The van der Waals surface area contributed by atoms with E-state index in [1.54, 1.807) is 0 Å². The van der Waals surface area contributed by atoms with Gasteiger partial charge in [0.1, 0.15) is 0 Å². The number of hydrogen-bond donors (Lipinski definition) is 1. The van der Waals surface area contributed by atoms with Crippen LogP contribution >= 0.6 is 0 Å². The molecule has 0 radical (unpaired) electrons. The summed E-state index contributed by atoms with van der Waals surface area (Å²) in [5.41, 5.74) is 3.04. The van der Waals surface area contributed by atoms with Crippen molar-refractivity contribution >= 4 is 5.97 Å². The molecule has 22 heavy (non-hydrogen) atoms. The van der Waals surface area contributed by atoms with Gasteiger partial charge in [-0.05, 0) is 66.4 Å². The van der Waals surface area contributed by atoms with E-state index in [1.165, 1.54) is 17.5 Å². The summed E-state index contributed by atoms with van der Waals surface area (Å²) in [5.74, 6) is 2.01. The molecule has 0 saturated heterocycles. The van der Waals surface area contributed by atoms with E-state index in [2.05, 4.69) is 45.0 Å². The fourth-order valence-corrected chi connectivity index (χ4v) is 5.30. The molecule has 1 fully saturated rings. The maximum Gasteiger partial charge on any atom is 0.306 e. The fourth-order valence-electron chi connectivity index (χ4n) is 5.30. The number of aryl methyl sites for hydroxylation is 1. The van der Waals surface area contributed by atoms with Crippen LogP contribution in [-0.4, -0.2) is 11.1 Å². The zero-order valence-electron chi connectivity index (χ0n) is 14.0. The van der Waals surface area contributed by atoms with E-state index in [9.17, 15) is 9.90 Å². The lowest BCUT2D eigenvalue weighted by molar-refractivity contribution is -0.143. The maximum atomic E-state index is 11.5. The van der Waals surface area contributed by atoms with Crippen LogP contribution < -0.4 is 0 Å². The van der Waals surface area contributed by atoms with Gasteiger partial charge in [-0.25, -0.2) is 0 Å². The Hall–Kier alpha value is -1.31. The van der Waals surface area contributed by atoms with Crippen LogP contribution in [0.15, 0.2) is 24.3 Å².